The van der Waals surface area contributed by atoms with Crippen LogP contribution in [0.5, 0.6) is 0 Å². The van der Waals surface area contributed by atoms with Crippen molar-refractivity contribution in [3.63, 3.8) is 0 Å². The molecule has 5 N–H and O–H groups in total. The second-order valence-corrected chi connectivity index (χ2v) is 4.24. The fourth-order valence-electron chi connectivity index (χ4n) is 1.52. The molecule has 19 heavy (non-hydrogen) atoms. The molecule has 1 atom stereocenters. The average Bonchev–Trinajstić information content (AvgIpc) is 2.92. The summed E-state index contributed by atoms with van der Waals surface area (Å²) in [6.07, 6.45) is 0. The van der Waals surface area contributed by atoms with Crippen LogP contribution in [0.3, 0.4) is 0 Å². The van der Waals surface area contributed by atoms with Gasteiger partial charge < -0.3 is 10.7 Å². The lowest BCUT2D eigenvalue weighted by Gasteiger charge is -2.13. The summed E-state index contributed by atoms with van der Waals surface area (Å²) in [6.45, 7) is 1.74. The molecular formula is C10H12ClN7O. The first-order chi connectivity index (χ1) is 9.11. The number of carbonyl (C=O) groups is 1. The van der Waals surface area contributed by atoms with Gasteiger partial charge in [-0.15, -0.1) is 10.2 Å². The third-order valence-corrected chi connectivity index (χ3v) is 2.71. The number of nitrogen functional groups attached to an aromatic ring is 1. The Morgan fingerprint density at radius 3 is 2.95 bits per heavy atom. The van der Waals surface area contributed by atoms with Crippen molar-refractivity contribution < 1.29 is 4.79 Å². The SMILES string of the molecule is CC(NC(=O)c1cc(Cl)ccc1NN)c1nn[nH]n1. The Kier molecular flexibility index (Phi) is 3.93. The molecule has 8 nitrogen and oxygen atoms in total. The molecular weight excluding hydrogens is 270 g/mol. The first kappa shape index (κ1) is 13.2. The molecule has 1 amide bonds. The Labute approximate surface area is 113 Å². The number of halogens is 1. The molecule has 1 heterocycles. The number of hydrogen-bond acceptors (Lipinski definition) is 6. The van der Waals surface area contributed by atoms with Crippen molar-refractivity contribution in [2.24, 2.45) is 5.84 Å². The number of anilines is 1. The van der Waals surface area contributed by atoms with E-state index in [1.165, 1.54) is 6.07 Å². The largest absolute Gasteiger partial charge is 0.342 e. The lowest BCUT2D eigenvalue weighted by Crippen LogP contribution is -2.28. The van der Waals surface area contributed by atoms with Crippen LogP contribution in [0, 0.1) is 0 Å². The van der Waals surface area contributed by atoms with Gasteiger partial charge in [0.25, 0.3) is 5.91 Å². The zero-order chi connectivity index (χ0) is 13.8. The van der Waals surface area contributed by atoms with Crippen molar-refractivity contribution in [1.29, 1.82) is 0 Å². The number of nitrogens with zero attached hydrogens (tertiary/aromatic N) is 3. The van der Waals surface area contributed by atoms with Gasteiger partial charge in [0, 0.05) is 5.02 Å². The minimum Gasteiger partial charge on any atom is -0.342 e. The maximum atomic E-state index is 12.1. The third kappa shape index (κ3) is 2.98. The minimum absolute atomic E-state index is 0.338. The molecule has 0 saturated heterocycles. The highest BCUT2D eigenvalue weighted by molar-refractivity contribution is 6.31. The summed E-state index contributed by atoms with van der Waals surface area (Å²) in [5.74, 6) is 5.40. The summed E-state index contributed by atoms with van der Waals surface area (Å²) in [4.78, 5) is 12.1. The van der Waals surface area contributed by atoms with E-state index in [9.17, 15) is 4.79 Å². The van der Waals surface area contributed by atoms with Crippen LogP contribution in [0.1, 0.15) is 29.1 Å². The molecule has 9 heteroatoms. The molecule has 1 aromatic heterocycles. The van der Waals surface area contributed by atoms with Crippen LogP contribution in [0.2, 0.25) is 5.02 Å². The van der Waals surface area contributed by atoms with E-state index >= 15 is 0 Å². The number of nitrogens with one attached hydrogen (secondary N) is 3. The molecule has 0 radical (unpaired) electrons. The van der Waals surface area contributed by atoms with Crippen molar-refractivity contribution in [3.05, 3.63) is 34.6 Å². The number of tetrazole rings is 1. The molecule has 0 aliphatic heterocycles. The summed E-state index contributed by atoms with van der Waals surface area (Å²) in [5, 5.41) is 16.5. The van der Waals surface area contributed by atoms with E-state index in [4.69, 9.17) is 17.4 Å². The first-order valence-electron chi connectivity index (χ1n) is 5.42. The normalized spacial score (nSPS) is 11.9. The molecule has 0 bridgehead atoms. The number of H-pyrrole nitrogens is 1. The number of nitrogens with two attached hydrogens (primary N) is 1. The molecule has 2 rings (SSSR count). The fraction of sp³-hybridized carbons (Fsp3) is 0.200. The maximum absolute atomic E-state index is 12.1. The van der Waals surface area contributed by atoms with Crippen molar-refractivity contribution in [1.82, 2.24) is 25.9 Å². The smallest absolute Gasteiger partial charge is 0.254 e. The molecule has 0 aliphatic rings. The summed E-state index contributed by atoms with van der Waals surface area (Å²) in [6, 6.07) is 4.39. The van der Waals surface area contributed by atoms with E-state index in [1.807, 2.05) is 0 Å². The standard InChI is InChI=1S/C10H12ClN7O/c1-5(9-15-17-18-16-9)13-10(19)7-4-6(11)2-3-8(7)14-12/h2-5,14H,12H2,1H3,(H,13,19)(H,15,16,17,18). The summed E-state index contributed by atoms with van der Waals surface area (Å²) in [5.41, 5.74) is 3.26. The molecule has 0 spiro atoms. The molecule has 1 aromatic carbocycles. The average molecular weight is 282 g/mol. The van der Waals surface area contributed by atoms with E-state index in [0.717, 1.165) is 0 Å². The van der Waals surface area contributed by atoms with Gasteiger partial charge in [0.15, 0.2) is 5.82 Å². The topological polar surface area (TPSA) is 122 Å². The Balaban J connectivity index is 2.18. The lowest BCUT2D eigenvalue weighted by molar-refractivity contribution is 0.0939. The van der Waals surface area contributed by atoms with Gasteiger partial charge in [-0.1, -0.05) is 16.8 Å². The quantitative estimate of drug-likeness (QED) is 0.482. The summed E-state index contributed by atoms with van der Waals surface area (Å²) >= 11 is 5.87. The number of aromatic nitrogens is 4. The predicted molar refractivity (Wildman–Crippen MR) is 69.3 cm³/mol. The van der Waals surface area contributed by atoms with Gasteiger partial charge in [-0.2, -0.15) is 5.21 Å². The highest BCUT2D eigenvalue weighted by Gasteiger charge is 2.17. The number of amides is 1. The van der Waals surface area contributed by atoms with E-state index in [2.05, 4.69) is 31.4 Å². The molecule has 100 valence electrons. The van der Waals surface area contributed by atoms with Crippen LogP contribution in [0.4, 0.5) is 5.69 Å². The highest BCUT2D eigenvalue weighted by Crippen LogP contribution is 2.20. The molecule has 0 fully saturated rings. The number of benzene rings is 1. The number of aromatic amines is 1. The molecule has 1 unspecified atom stereocenters. The Hall–Kier alpha value is -2.19. The second kappa shape index (κ2) is 5.63. The van der Waals surface area contributed by atoms with E-state index in [0.29, 0.717) is 22.1 Å². The molecule has 2 aromatic rings. The lowest BCUT2D eigenvalue weighted by atomic mass is 10.1. The van der Waals surface area contributed by atoms with Gasteiger partial charge in [-0.25, -0.2) is 0 Å². The molecule has 0 saturated carbocycles. The van der Waals surface area contributed by atoms with Crippen molar-refractivity contribution in [2.45, 2.75) is 13.0 Å². The van der Waals surface area contributed by atoms with Crippen molar-refractivity contribution in [3.8, 4) is 0 Å². The number of rotatable bonds is 4. The van der Waals surface area contributed by atoms with E-state index < -0.39 is 6.04 Å². The predicted octanol–water partition coefficient (Wildman–Crippen LogP) is 0.630. The van der Waals surface area contributed by atoms with Crippen molar-refractivity contribution in [2.75, 3.05) is 5.43 Å². The number of hydrazine groups is 1. The van der Waals surface area contributed by atoms with Crippen LogP contribution in [-0.4, -0.2) is 26.5 Å². The van der Waals surface area contributed by atoms with Crippen LogP contribution in [-0.2, 0) is 0 Å². The zero-order valence-corrected chi connectivity index (χ0v) is 10.8. The van der Waals surface area contributed by atoms with Gasteiger partial charge in [-0.05, 0) is 25.1 Å². The Morgan fingerprint density at radius 1 is 1.53 bits per heavy atom. The Morgan fingerprint density at radius 2 is 2.32 bits per heavy atom. The molecule has 0 aliphatic carbocycles. The van der Waals surface area contributed by atoms with Gasteiger partial charge in [0.2, 0.25) is 0 Å². The van der Waals surface area contributed by atoms with E-state index in [1.54, 1.807) is 19.1 Å². The van der Waals surface area contributed by atoms with Gasteiger partial charge >= 0.3 is 0 Å². The monoisotopic (exact) mass is 281 g/mol. The maximum Gasteiger partial charge on any atom is 0.254 e. The second-order valence-electron chi connectivity index (χ2n) is 3.80. The van der Waals surface area contributed by atoms with Crippen LogP contribution in [0.15, 0.2) is 18.2 Å². The van der Waals surface area contributed by atoms with E-state index in [-0.39, 0.29) is 5.91 Å². The van der Waals surface area contributed by atoms with Crippen LogP contribution < -0.4 is 16.6 Å². The van der Waals surface area contributed by atoms with Gasteiger partial charge in [0.05, 0.1) is 17.3 Å². The van der Waals surface area contributed by atoms with Gasteiger partial charge in [0.1, 0.15) is 0 Å². The summed E-state index contributed by atoms with van der Waals surface area (Å²) < 4.78 is 0. The fourth-order valence-corrected chi connectivity index (χ4v) is 1.69. The van der Waals surface area contributed by atoms with Crippen LogP contribution >= 0.6 is 11.6 Å². The summed E-state index contributed by atoms with van der Waals surface area (Å²) in [7, 11) is 0. The first-order valence-corrected chi connectivity index (χ1v) is 5.80. The third-order valence-electron chi connectivity index (χ3n) is 2.48. The number of carbonyl (C=O) groups excluding carboxylic acids is 1. The van der Waals surface area contributed by atoms with Crippen molar-refractivity contribution >= 4 is 23.2 Å². The van der Waals surface area contributed by atoms with Crippen LogP contribution in [0.25, 0.3) is 0 Å². The minimum atomic E-state index is -0.393. The zero-order valence-electron chi connectivity index (χ0n) is 10.0. The highest BCUT2D eigenvalue weighted by atomic mass is 35.5. The Bertz CT molecular complexity index is 571. The van der Waals surface area contributed by atoms with Gasteiger partial charge in [-0.3, -0.25) is 10.6 Å². The number of hydrogen-bond donors (Lipinski definition) is 4.